The molecule has 0 unspecified atom stereocenters. The summed E-state index contributed by atoms with van der Waals surface area (Å²) < 4.78 is 0. The quantitative estimate of drug-likeness (QED) is 0.897. The second kappa shape index (κ2) is 5.41. The first-order chi connectivity index (χ1) is 8.29. The normalized spacial score (nSPS) is 9.88. The molecule has 0 atom stereocenters. The Bertz CT molecular complexity index is 541. The second-order valence-electron chi connectivity index (χ2n) is 3.59. The Morgan fingerprint density at radius 2 is 2.41 bits per heavy atom. The van der Waals surface area contributed by atoms with Crippen LogP contribution >= 0.6 is 11.3 Å². The van der Waals surface area contributed by atoms with Gasteiger partial charge >= 0.3 is 0 Å². The lowest BCUT2D eigenvalue weighted by Crippen LogP contribution is -2.06. The third-order valence-corrected chi connectivity index (χ3v) is 3.29. The number of hydrogen-bond acceptors (Lipinski definition) is 5. The maximum absolute atomic E-state index is 8.91. The van der Waals surface area contributed by atoms with Gasteiger partial charge in [-0.25, -0.2) is 4.98 Å². The van der Waals surface area contributed by atoms with Crippen LogP contribution in [-0.4, -0.2) is 16.5 Å². The molecule has 4 nitrogen and oxygen atoms in total. The van der Waals surface area contributed by atoms with Crippen molar-refractivity contribution in [3.63, 3.8) is 0 Å². The van der Waals surface area contributed by atoms with E-state index in [0.29, 0.717) is 5.56 Å². The molecule has 0 saturated heterocycles. The molecule has 1 N–H and O–H groups in total. The van der Waals surface area contributed by atoms with Crippen LogP contribution in [0.15, 0.2) is 23.8 Å². The van der Waals surface area contributed by atoms with Crippen LogP contribution in [-0.2, 0) is 6.42 Å². The van der Waals surface area contributed by atoms with Crippen molar-refractivity contribution in [3.05, 3.63) is 40.1 Å². The second-order valence-corrected chi connectivity index (χ2v) is 4.54. The van der Waals surface area contributed by atoms with Crippen molar-refractivity contribution in [2.45, 2.75) is 13.3 Å². The Kier molecular flexibility index (Phi) is 3.68. The van der Waals surface area contributed by atoms with E-state index in [9.17, 15) is 0 Å². The number of nitrogens with zero attached hydrogens (tertiary/aromatic N) is 3. The highest BCUT2D eigenvalue weighted by atomic mass is 32.1. The lowest BCUT2D eigenvalue weighted by molar-refractivity contribution is 0.984. The lowest BCUT2D eigenvalue weighted by Gasteiger charge is -2.05. The highest BCUT2D eigenvalue weighted by molar-refractivity contribution is 7.09. The monoisotopic (exact) mass is 244 g/mol. The number of rotatable bonds is 4. The highest BCUT2D eigenvalue weighted by Crippen LogP contribution is 2.13. The molecule has 5 heteroatoms. The molecule has 0 saturated carbocycles. The van der Waals surface area contributed by atoms with Crippen LogP contribution in [0.4, 0.5) is 5.69 Å². The summed E-state index contributed by atoms with van der Waals surface area (Å²) in [6.07, 6.45) is 4.15. The van der Waals surface area contributed by atoms with E-state index in [1.165, 1.54) is 0 Å². The first-order valence-corrected chi connectivity index (χ1v) is 6.16. The van der Waals surface area contributed by atoms with Crippen LogP contribution in [0, 0.1) is 18.3 Å². The van der Waals surface area contributed by atoms with E-state index in [1.807, 2.05) is 12.3 Å². The molecule has 0 fully saturated rings. The Morgan fingerprint density at radius 3 is 3.12 bits per heavy atom. The van der Waals surface area contributed by atoms with Gasteiger partial charge < -0.3 is 5.32 Å². The summed E-state index contributed by atoms with van der Waals surface area (Å²) >= 11 is 1.66. The molecular formula is C12H12N4S. The minimum Gasteiger partial charge on any atom is -0.382 e. The largest absolute Gasteiger partial charge is 0.382 e. The Balaban J connectivity index is 1.92. The minimum absolute atomic E-state index is 0.621. The van der Waals surface area contributed by atoms with Gasteiger partial charge in [0, 0.05) is 30.2 Å². The van der Waals surface area contributed by atoms with Crippen molar-refractivity contribution >= 4 is 17.0 Å². The van der Waals surface area contributed by atoms with Crippen LogP contribution < -0.4 is 5.32 Å². The molecule has 0 radical (unpaired) electrons. The third-order valence-electron chi connectivity index (χ3n) is 2.26. The van der Waals surface area contributed by atoms with E-state index in [1.54, 1.807) is 29.8 Å². The molecule has 0 aliphatic rings. The molecular weight excluding hydrogens is 232 g/mol. The van der Waals surface area contributed by atoms with Gasteiger partial charge in [0.2, 0.25) is 0 Å². The van der Waals surface area contributed by atoms with Crippen molar-refractivity contribution in [1.82, 2.24) is 9.97 Å². The van der Waals surface area contributed by atoms with Crippen LogP contribution in [0.3, 0.4) is 0 Å². The van der Waals surface area contributed by atoms with Gasteiger partial charge in [-0.3, -0.25) is 4.98 Å². The molecule has 0 aromatic carbocycles. The fourth-order valence-electron chi connectivity index (χ4n) is 1.45. The maximum Gasteiger partial charge on any atom is 0.101 e. The molecule has 17 heavy (non-hydrogen) atoms. The summed E-state index contributed by atoms with van der Waals surface area (Å²) in [4.78, 5) is 8.38. The number of pyridine rings is 1. The van der Waals surface area contributed by atoms with Crippen LogP contribution in [0.25, 0.3) is 0 Å². The average Bonchev–Trinajstić information content (AvgIpc) is 2.76. The van der Waals surface area contributed by atoms with E-state index < -0.39 is 0 Å². The van der Waals surface area contributed by atoms with Gasteiger partial charge in [-0.15, -0.1) is 11.3 Å². The first kappa shape index (κ1) is 11.6. The fourth-order valence-corrected chi connectivity index (χ4v) is 2.23. The lowest BCUT2D eigenvalue weighted by atomic mass is 10.2. The van der Waals surface area contributed by atoms with Crippen molar-refractivity contribution in [2.75, 3.05) is 11.9 Å². The van der Waals surface area contributed by atoms with E-state index in [0.717, 1.165) is 29.4 Å². The number of aromatic nitrogens is 2. The molecule has 2 heterocycles. The first-order valence-electron chi connectivity index (χ1n) is 5.28. The molecule has 0 bridgehead atoms. The zero-order valence-corrected chi connectivity index (χ0v) is 10.3. The van der Waals surface area contributed by atoms with Gasteiger partial charge in [-0.2, -0.15) is 5.26 Å². The molecule has 2 aromatic rings. The van der Waals surface area contributed by atoms with Crippen LogP contribution in [0.2, 0.25) is 0 Å². The van der Waals surface area contributed by atoms with Gasteiger partial charge in [-0.05, 0) is 13.0 Å². The number of aryl methyl sites for hydroxylation is 1. The summed E-state index contributed by atoms with van der Waals surface area (Å²) in [6.45, 7) is 2.75. The molecule has 0 aliphatic carbocycles. The van der Waals surface area contributed by atoms with Gasteiger partial charge in [-0.1, -0.05) is 0 Å². The zero-order chi connectivity index (χ0) is 12.1. The highest BCUT2D eigenvalue weighted by Gasteiger charge is 2.02. The molecule has 2 rings (SSSR count). The number of hydrogen-bond donors (Lipinski definition) is 1. The van der Waals surface area contributed by atoms with Gasteiger partial charge in [0.15, 0.2) is 0 Å². The van der Waals surface area contributed by atoms with E-state index >= 15 is 0 Å². The van der Waals surface area contributed by atoms with Crippen molar-refractivity contribution in [3.8, 4) is 6.07 Å². The number of nitriles is 1. The topological polar surface area (TPSA) is 61.6 Å². The molecule has 0 spiro atoms. The van der Waals surface area contributed by atoms with Crippen molar-refractivity contribution in [2.24, 2.45) is 0 Å². The summed E-state index contributed by atoms with van der Waals surface area (Å²) in [5, 5.41) is 15.3. The van der Waals surface area contributed by atoms with E-state index in [2.05, 4.69) is 21.4 Å². The average molecular weight is 244 g/mol. The number of thiazole rings is 1. The minimum atomic E-state index is 0.621. The van der Waals surface area contributed by atoms with Crippen molar-refractivity contribution < 1.29 is 0 Å². The van der Waals surface area contributed by atoms with Gasteiger partial charge in [0.25, 0.3) is 0 Å². The summed E-state index contributed by atoms with van der Waals surface area (Å²) in [5.74, 6) is 0. The summed E-state index contributed by atoms with van der Waals surface area (Å²) in [5.41, 5.74) is 2.46. The predicted molar refractivity (Wildman–Crippen MR) is 68.0 cm³/mol. The standard InChI is InChI=1S/C12H12N4S/c1-9-8-17-12(16-9)3-5-15-11-7-14-4-2-10(11)6-13/h2,4,7-8,15H,3,5H2,1H3. The number of nitrogens with one attached hydrogen (secondary N) is 1. The molecule has 2 aromatic heterocycles. The van der Waals surface area contributed by atoms with Gasteiger partial charge in [0.05, 0.1) is 22.5 Å². The molecule has 86 valence electrons. The zero-order valence-electron chi connectivity index (χ0n) is 9.47. The Hall–Kier alpha value is -1.93. The Morgan fingerprint density at radius 1 is 1.53 bits per heavy atom. The summed E-state index contributed by atoms with van der Waals surface area (Å²) in [6, 6.07) is 3.84. The maximum atomic E-state index is 8.91. The van der Waals surface area contributed by atoms with E-state index in [-0.39, 0.29) is 0 Å². The SMILES string of the molecule is Cc1csc(CCNc2cnccc2C#N)n1. The van der Waals surface area contributed by atoms with Crippen molar-refractivity contribution in [1.29, 1.82) is 5.26 Å². The number of anilines is 1. The fraction of sp³-hybridized carbons (Fsp3) is 0.250. The van der Waals surface area contributed by atoms with E-state index in [4.69, 9.17) is 5.26 Å². The Labute approximate surface area is 104 Å². The third kappa shape index (κ3) is 3.02. The van der Waals surface area contributed by atoms with Gasteiger partial charge in [0.1, 0.15) is 6.07 Å². The van der Waals surface area contributed by atoms with Crippen LogP contribution in [0.5, 0.6) is 0 Å². The summed E-state index contributed by atoms with van der Waals surface area (Å²) in [7, 11) is 0. The molecule has 0 amide bonds. The predicted octanol–water partition coefficient (Wildman–Crippen LogP) is 2.37. The smallest absolute Gasteiger partial charge is 0.101 e. The molecule has 0 aliphatic heterocycles. The van der Waals surface area contributed by atoms with Crippen LogP contribution in [0.1, 0.15) is 16.3 Å².